The minimum absolute atomic E-state index is 0.102. The average Bonchev–Trinajstić information content (AvgIpc) is 2.22. The number of carbonyl (C=O) groups is 1. The van der Waals surface area contributed by atoms with Crippen molar-refractivity contribution in [1.82, 2.24) is 5.32 Å². The fraction of sp³-hybridized carbons (Fsp3) is 0.917. The topological polar surface area (TPSA) is 64.3 Å². The molecule has 0 saturated heterocycles. The highest BCUT2D eigenvalue weighted by Crippen LogP contribution is 2.25. The van der Waals surface area contributed by atoms with Gasteiger partial charge in [0.1, 0.15) is 0 Å². The molecule has 0 unspecified atom stereocenters. The Labute approximate surface area is 98.9 Å². The van der Waals surface area contributed by atoms with Crippen molar-refractivity contribution in [3.8, 4) is 0 Å². The van der Waals surface area contributed by atoms with Gasteiger partial charge in [-0.25, -0.2) is 0 Å². The van der Waals surface area contributed by atoms with Crippen LogP contribution in [0.5, 0.6) is 0 Å². The van der Waals surface area contributed by atoms with Crippen LogP contribution in [0, 0.1) is 5.41 Å². The van der Waals surface area contributed by atoms with E-state index in [0.717, 1.165) is 12.8 Å². The van der Waals surface area contributed by atoms with Crippen LogP contribution < -0.4 is 11.1 Å². The summed E-state index contributed by atoms with van der Waals surface area (Å²) in [5, 5.41) is 2.84. The molecule has 96 valence electrons. The van der Waals surface area contributed by atoms with E-state index in [9.17, 15) is 4.79 Å². The summed E-state index contributed by atoms with van der Waals surface area (Å²) in [7, 11) is 0. The van der Waals surface area contributed by atoms with Gasteiger partial charge < -0.3 is 15.8 Å². The van der Waals surface area contributed by atoms with Crippen LogP contribution in [0.1, 0.15) is 40.0 Å². The largest absolute Gasteiger partial charge is 0.380 e. The van der Waals surface area contributed by atoms with Crippen LogP contribution in [0.2, 0.25) is 0 Å². The molecule has 0 aliphatic rings. The Bertz CT molecular complexity index is 193. The number of rotatable bonds is 9. The first kappa shape index (κ1) is 15.4. The molecule has 0 fully saturated rings. The van der Waals surface area contributed by atoms with Crippen molar-refractivity contribution >= 4 is 5.91 Å². The molecule has 4 nitrogen and oxygen atoms in total. The molecule has 0 spiro atoms. The summed E-state index contributed by atoms with van der Waals surface area (Å²) in [5.74, 6) is 0.102. The summed E-state index contributed by atoms with van der Waals surface area (Å²) in [6, 6.07) is 0. The van der Waals surface area contributed by atoms with Gasteiger partial charge >= 0.3 is 0 Å². The number of hydrogen-bond donors (Lipinski definition) is 2. The van der Waals surface area contributed by atoms with Crippen molar-refractivity contribution in [1.29, 1.82) is 0 Å². The van der Waals surface area contributed by atoms with Crippen LogP contribution in [-0.4, -0.2) is 32.2 Å². The van der Waals surface area contributed by atoms with Crippen molar-refractivity contribution in [2.75, 3.05) is 26.3 Å². The Morgan fingerprint density at radius 1 is 1.38 bits per heavy atom. The SMILES string of the molecule is CCOCCNC(=O)CCC(C)(C)CCN. The van der Waals surface area contributed by atoms with Crippen LogP contribution in [0.25, 0.3) is 0 Å². The maximum Gasteiger partial charge on any atom is 0.220 e. The molecule has 0 saturated carbocycles. The van der Waals surface area contributed by atoms with Crippen LogP contribution in [0.15, 0.2) is 0 Å². The molecule has 4 heteroatoms. The number of ether oxygens (including phenoxy) is 1. The Morgan fingerprint density at radius 3 is 2.62 bits per heavy atom. The van der Waals surface area contributed by atoms with E-state index < -0.39 is 0 Å². The zero-order valence-corrected chi connectivity index (χ0v) is 10.8. The van der Waals surface area contributed by atoms with Gasteiger partial charge in [0.25, 0.3) is 0 Å². The monoisotopic (exact) mass is 230 g/mol. The number of nitrogens with two attached hydrogens (primary N) is 1. The third-order valence-corrected chi connectivity index (χ3v) is 2.62. The molecule has 0 aromatic heterocycles. The lowest BCUT2D eigenvalue weighted by Crippen LogP contribution is -2.28. The Kier molecular flexibility index (Phi) is 8.21. The average molecular weight is 230 g/mol. The Hall–Kier alpha value is -0.610. The predicted octanol–water partition coefficient (Wildman–Crippen LogP) is 1.29. The number of hydrogen-bond acceptors (Lipinski definition) is 3. The Morgan fingerprint density at radius 2 is 2.06 bits per heavy atom. The predicted molar refractivity (Wildman–Crippen MR) is 66.2 cm³/mol. The molecular weight excluding hydrogens is 204 g/mol. The number of carbonyl (C=O) groups excluding carboxylic acids is 1. The van der Waals surface area contributed by atoms with E-state index in [0.29, 0.717) is 32.7 Å². The van der Waals surface area contributed by atoms with Gasteiger partial charge in [-0.1, -0.05) is 13.8 Å². The van der Waals surface area contributed by atoms with Gasteiger partial charge in [-0.05, 0) is 31.7 Å². The molecule has 0 heterocycles. The minimum atomic E-state index is 0.102. The summed E-state index contributed by atoms with van der Waals surface area (Å²) in [6.07, 6.45) is 2.41. The molecule has 0 bridgehead atoms. The van der Waals surface area contributed by atoms with Crippen LogP contribution >= 0.6 is 0 Å². The van der Waals surface area contributed by atoms with Crippen LogP contribution in [0.4, 0.5) is 0 Å². The molecule has 16 heavy (non-hydrogen) atoms. The second-order valence-electron chi connectivity index (χ2n) is 4.75. The third kappa shape index (κ3) is 8.68. The lowest BCUT2D eigenvalue weighted by molar-refractivity contribution is -0.121. The number of nitrogens with one attached hydrogen (secondary N) is 1. The van der Waals surface area contributed by atoms with E-state index in [-0.39, 0.29) is 11.3 Å². The zero-order chi connectivity index (χ0) is 12.4. The standard InChI is InChI=1S/C12H26N2O2/c1-4-16-10-9-14-11(15)5-6-12(2,3)7-8-13/h4-10,13H2,1-3H3,(H,14,15). The quantitative estimate of drug-likeness (QED) is 0.587. The normalized spacial score (nSPS) is 11.5. The van der Waals surface area contributed by atoms with E-state index in [1.165, 1.54) is 0 Å². The molecular formula is C12H26N2O2. The summed E-state index contributed by atoms with van der Waals surface area (Å²) in [5.41, 5.74) is 5.68. The first-order valence-electron chi connectivity index (χ1n) is 6.06. The van der Waals surface area contributed by atoms with Gasteiger partial charge in [0.05, 0.1) is 6.61 Å². The molecule has 0 atom stereocenters. The summed E-state index contributed by atoms with van der Waals surface area (Å²) in [4.78, 5) is 11.5. The van der Waals surface area contributed by atoms with Gasteiger partial charge in [-0.2, -0.15) is 0 Å². The maximum atomic E-state index is 11.5. The lowest BCUT2D eigenvalue weighted by atomic mass is 9.84. The highest BCUT2D eigenvalue weighted by atomic mass is 16.5. The van der Waals surface area contributed by atoms with Crippen molar-refractivity contribution in [3.05, 3.63) is 0 Å². The molecule has 0 aromatic carbocycles. The smallest absolute Gasteiger partial charge is 0.220 e. The maximum absolute atomic E-state index is 11.5. The van der Waals surface area contributed by atoms with Crippen LogP contribution in [0.3, 0.4) is 0 Å². The lowest BCUT2D eigenvalue weighted by Gasteiger charge is -2.23. The number of amides is 1. The Balaban J connectivity index is 3.56. The van der Waals surface area contributed by atoms with E-state index in [1.807, 2.05) is 6.92 Å². The van der Waals surface area contributed by atoms with E-state index >= 15 is 0 Å². The second-order valence-corrected chi connectivity index (χ2v) is 4.75. The van der Waals surface area contributed by atoms with E-state index in [1.54, 1.807) is 0 Å². The van der Waals surface area contributed by atoms with Gasteiger partial charge in [-0.3, -0.25) is 4.79 Å². The highest BCUT2D eigenvalue weighted by molar-refractivity contribution is 5.75. The van der Waals surface area contributed by atoms with E-state index in [4.69, 9.17) is 10.5 Å². The fourth-order valence-corrected chi connectivity index (χ4v) is 1.46. The molecule has 0 aromatic rings. The molecule has 0 aliphatic carbocycles. The van der Waals surface area contributed by atoms with E-state index in [2.05, 4.69) is 19.2 Å². The summed E-state index contributed by atoms with van der Waals surface area (Å²) < 4.78 is 5.14. The van der Waals surface area contributed by atoms with Crippen molar-refractivity contribution < 1.29 is 9.53 Å². The highest BCUT2D eigenvalue weighted by Gasteiger charge is 2.17. The van der Waals surface area contributed by atoms with Gasteiger partial charge in [0.2, 0.25) is 5.91 Å². The summed E-state index contributed by atoms with van der Waals surface area (Å²) in [6.45, 7) is 8.80. The third-order valence-electron chi connectivity index (χ3n) is 2.62. The second kappa shape index (κ2) is 8.53. The molecule has 0 rings (SSSR count). The van der Waals surface area contributed by atoms with Crippen molar-refractivity contribution in [2.24, 2.45) is 11.1 Å². The molecule has 3 N–H and O–H groups in total. The van der Waals surface area contributed by atoms with Gasteiger partial charge in [-0.15, -0.1) is 0 Å². The summed E-state index contributed by atoms with van der Waals surface area (Å²) >= 11 is 0. The first-order chi connectivity index (χ1) is 7.52. The molecule has 1 amide bonds. The molecule has 0 aliphatic heterocycles. The zero-order valence-electron chi connectivity index (χ0n) is 10.8. The fourth-order valence-electron chi connectivity index (χ4n) is 1.46. The van der Waals surface area contributed by atoms with Crippen molar-refractivity contribution in [2.45, 2.75) is 40.0 Å². The van der Waals surface area contributed by atoms with Crippen LogP contribution in [-0.2, 0) is 9.53 Å². The first-order valence-corrected chi connectivity index (χ1v) is 6.06. The van der Waals surface area contributed by atoms with Gasteiger partial charge in [0.15, 0.2) is 0 Å². The molecule has 0 radical (unpaired) electrons. The van der Waals surface area contributed by atoms with Gasteiger partial charge in [0, 0.05) is 19.6 Å². The van der Waals surface area contributed by atoms with Crippen molar-refractivity contribution in [3.63, 3.8) is 0 Å². The minimum Gasteiger partial charge on any atom is -0.380 e.